The molecular formula is C14H23N3O2. The Labute approximate surface area is 114 Å². The maximum atomic E-state index is 12.1. The molecule has 106 valence electrons. The Morgan fingerprint density at radius 1 is 1.68 bits per heavy atom. The largest absolute Gasteiger partial charge is 0.369 e. The van der Waals surface area contributed by atoms with E-state index in [1.807, 2.05) is 33.3 Å². The molecular weight excluding hydrogens is 242 g/mol. The van der Waals surface area contributed by atoms with Crippen LogP contribution in [0.15, 0.2) is 12.4 Å². The fourth-order valence-electron chi connectivity index (χ4n) is 2.70. The topological polar surface area (TPSA) is 47.4 Å². The first kappa shape index (κ1) is 14.1. The van der Waals surface area contributed by atoms with Gasteiger partial charge in [-0.25, -0.2) is 4.98 Å². The maximum Gasteiger partial charge on any atom is 0.251 e. The van der Waals surface area contributed by atoms with Crippen molar-refractivity contribution in [1.29, 1.82) is 0 Å². The second kappa shape index (κ2) is 6.19. The van der Waals surface area contributed by atoms with Gasteiger partial charge in [0.2, 0.25) is 0 Å². The van der Waals surface area contributed by atoms with Crippen LogP contribution in [0.1, 0.15) is 26.1 Å². The number of likely N-dealkylation sites (N-methyl/N-ethyl adjacent to an activating group) is 1. The lowest BCUT2D eigenvalue weighted by Crippen LogP contribution is -2.40. The van der Waals surface area contributed by atoms with E-state index in [1.165, 1.54) is 0 Å². The number of amides is 1. The number of ether oxygens (including phenoxy) is 1. The summed E-state index contributed by atoms with van der Waals surface area (Å²) in [5.74, 6) is 1.73. The SMILES string of the molecule is CCO[C@@H](C)C(=O)N(C)C[C@@H]1CCc2nccn2C1. The Morgan fingerprint density at radius 2 is 2.47 bits per heavy atom. The molecule has 0 N–H and O–H groups in total. The molecule has 1 amide bonds. The first-order valence-electron chi connectivity index (χ1n) is 6.98. The molecule has 0 saturated carbocycles. The number of nitrogens with zero attached hydrogens (tertiary/aromatic N) is 3. The molecule has 1 aromatic heterocycles. The average Bonchev–Trinajstić information content (AvgIpc) is 2.85. The summed E-state index contributed by atoms with van der Waals surface area (Å²) in [6.45, 7) is 6.04. The molecule has 0 aromatic carbocycles. The number of hydrogen-bond donors (Lipinski definition) is 0. The van der Waals surface area contributed by atoms with Gasteiger partial charge in [0, 0.05) is 45.6 Å². The molecule has 1 aromatic rings. The van der Waals surface area contributed by atoms with E-state index in [1.54, 1.807) is 4.90 Å². The summed E-state index contributed by atoms with van der Waals surface area (Å²) >= 11 is 0. The number of carbonyl (C=O) groups excluding carboxylic acids is 1. The lowest BCUT2D eigenvalue weighted by atomic mass is 9.99. The number of aromatic nitrogens is 2. The normalized spacial score (nSPS) is 19.8. The highest BCUT2D eigenvalue weighted by atomic mass is 16.5. The van der Waals surface area contributed by atoms with Gasteiger partial charge in [0.05, 0.1) is 0 Å². The van der Waals surface area contributed by atoms with E-state index >= 15 is 0 Å². The summed E-state index contributed by atoms with van der Waals surface area (Å²) in [4.78, 5) is 18.2. The van der Waals surface area contributed by atoms with Crippen molar-refractivity contribution in [2.45, 2.75) is 39.3 Å². The number of hydrogen-bond acceptors (Lipinski definition) is 3. The molecule has 0 spiro atoms. The van der Waals surface area contributed by atoms with E-state index in [0.717, 1.165) is 31.8 Å². The zero-order valence-corrected chi connectivity index (χ0v) is 12.0. The second-order valence-electron chi connectivity index (χ2n) is 5.22. The van der Waals surface area contributed by atoms with Gasteiger partial charge >= 0.3 is 0 Å². The standard InChI is InChI=1S/C14H23N3O2/c1-4-19-11(2)14(18)16(3)9-12-5-6-13-15-7-8-17(13)10-12/h7-8,11-12H,4-6,9-10H2,1-3H3/t11-,12-/m0/s1. The minimum absolute atomic E-state index is 0.0679. The van der Waals surface area contributed by atoms with Crippen molar-refractivity contribution in [3.8, 4) is 0 Å². The third-order valence-electron chi connectivity index (χ3n) is 3.71. The molecule has 0 bridgehead atoms. The van der Waals surface area contributed by atoms with Crippen molar-refractivity contribution in [3.63, 3.8) is 0 Å². The third kappa shape index (κ3) is 3.35. The van der Waals surface area contributed by atoms with Crippen molar-refractivity contribution in [1.82, 2.24) is 14.5 Å². The van der Waals surface area contributed by atoms with Gasteiger partial charge in [-0.05, 0) is 26.2 Å². The molecule has 2 heterocycles. The first-order valence-corrected chi connectivity index (χ1v) is 6.98. The summed E-state index contributed by atoms with van der Waals surface area (Å²) in [5.41, 5.74) is 0. The number of carbonyl (C=O) groups is 1. The van der Waals surface area contributed by atoms with Gasteiger partial charge in [0.1, 0.15) is 11.9 Å². The van der Waals surface area contributed by atoms with Gasteiger partial charge in [-0.1, -0.05) is 0 Å². The quantitative estimate of drug-likeness (QED) is 0.807. The molecule has 0 radical (unpaired) electrons. The van der Waals surface area contributed by atoms with E-state index in [0.29, 0.717) is 12.5 Å². The van der Waals surface area contributed by atoms with Crippen LogP contribution in [0.4, 0.5) is 0 Å². The van der Waals surface area contributed by atoms with Gasteiger partial charge < -0.3 is 14.2 Å². The van der Waals surface area contributed by atoms with Gasteiger partial charge in [-0.15, -0.1) is 0 Å². The fourth-order valence-corrected chi connectivity index (χ4v) is 2.70. The number of imidazole rings is 1. The van der Waals surface area contributed by atoms with Crippen LogP contribution in [0.3, 0.4) is 0 Å². The number of rotatable bonds is 5. The smallest absolute Gasteiger partial charge is 0.251 e. The Bertz CT molecular complexity index is 430. The van der Waals surface area contributed by atoms with Crippen LogP contribution in [0.5, 0.6) is 0 Å². The van der Waals surface area contributed by atoms with Gasteiger partial charge in [0.15, 0.2) is 0 Å². The Balaban J connectivity index is 1.86. The van der Waals surface area contributed by atoms with Crippen molar-refractivity contribution in [2.24, 2.45) is 5.92 Å². The molecule has 5 heteroatoms. The third-order valence-corrected chi connectivity index (χ3v) is 3.71. The Morgan fingerprint density at radius 3 is 3.21 bits per heavy atom. The Hall–Kier alpha value is -1.36. The van der Waals surface area contributed by atoms with Crippen LogP contribution >= 0.6 is 0 Å². The molecule has 1 aliphatic heterocycles. The molecule has 0 saturated heterocycles. The average molecular weight is 265 g/mol. The van der Waals surface area contributed by atoms with Crippen molar-refractivity contribution in [3.05, 3.63) is 18.2 Å². The van der Waals surface area contributed by atoms with Gasteiger partial charge in [-0.2, -0.15) is 0 Å². The van der Waals surface area contributed by atoms with Crippen molar-refractivity contribution >= 4 is 5.91 Å². The summed E-state index contributed by atoms with van der Waals surface area (Å²) in [7, 11) is 1.86. The lowest BCUT2D eigenvalue weighted by Gasteiger charge is -2.29. The van der Waals surface area contributed by atoms with Gasteiger partial charge in [0.25, 0.3) is 5.91 Å². The minimum atomic E-state index is -0.345. The fraction of sp³-hybridized carbons (Fsp3) is 0.714. The summed E-state index contributed by atoms with van der Waals surface area (Å²) < 4.78 is 7.54. The zero-order valence-electron chi connectivity index (χ0n) is 12.0. The number of fused-ring (bicyclic) bond motifs is 1. The summed E-state index contributed by atoms with van der Waals surface area (Å²) in [5, 5.41) is 0. The summed E-state index contributed by atoms with van der Waals surface area (Å²) in [6, 6.07) is 0. The lowest BCUT2D eigenvalue weighted by molar-refractivity contribution is -0.141. The highest BCUT2D eigenvalue weighted by Gasteiger charge is 2.24. The van der Waals surface area contributed by atoms with Crippen LogP contribution in [0.25, 0.3) is 0 Å². The molecule has 2 rings (SSSR count). The predicted octanol–water partition coefficient (Wildman–Crippen LogP) is 1.33. The van der Waals surface area contributed by atoms with Crippen LogP contribution < -0.4 is 0 Å². The Kier molecular flexibility index (Phi) is 4.58. The number of aryl methyl sites for hydroxylation is 1. The van der Waals surface area contributed by atoms with Crippen LogP contribution in [-0.4, -0.2) is 46.7 Å². The van der Waals surface area contributed by atoms with E-state index in [-0.39, 0.29) is 12.0 Å². The van der Waals surface area contributed by atoms with Crippen LogP contribution in [0.2, 0.25) is 0 Å². The molecule has 0 fully saturated rings. The van der Waals surface area contributed by atoms with Crippen LogP contribution in [-0.2, 0) is 22.5 Å². The highest BCUT2D eigenvalue weighted by molar-refractivity contribution is 5.80. The molecule has 5 nitrogen and oxygen atoms in total. The molecule has 1 aliphatic rings. The second-order valence-corrected chi connectivity index (χ2v) is 5.22. The molecule has 0 unspecified atom stereocenters. The van der Waals surface area contributed by atoms with E-state index in [4.69, 9.17) is 4.74 Å². The van der Waals surface area contributed by atoms with Crippen molar-refractivity contribution in [2.75, 3.05) is 20.2 Å². The van der Waals surface area contributed by atoms with Crippen LogP contribution in [0, 0.1) is 5.92 Å². The maximum absolute atomic E-state index is 12.1. The van der Waals surface area contributed by atoms with E-state index in [9.17, 15) is 4.79 Å². The molecule has 0 aliphatic carbocycles. The molecule has 19 heavy (non-hydrogen) atoms. The van der Waals surface area contributed by atoms with Crippen molar-refractivity contribution < 1.29 is 9.53 Å². The van der Waals surface area contributed by atoms with Gasteiger partial charge in [-0.3, -0.25) is 4.79 Å². The van der Waals surface area contributed by atoms with E-state index < -0.39 is 0 Å². The highest BCUT2D eigenvalue weighted by Crippen LogP contribution is 2.19. The minimum Gasteiger partial charge on any atom is -0.369 e. The summed E-state index contributed by atoms with van der Waals surface area (Å²) in [6.07, 6.45) is 5.62. The van der Waals surface area contributed by atoms with E-state index in [2.05, 4.69) is 9.55 Å². The zero-order chi connectivity index (χ0) is 13.8. The molecule has 2 atom stereocenters. The predicted molar refractivity (Wildman–Crippen MR) is 72.8 cm³/mol. The monoisotopic (exact) mass is 265 g/mol. The first-order chi connectivity index (χ1) is 9.11.